The summed E-state index contributed by atoms with van der Waals surface area (Å²) >= 11 is 3.46. The van der Waals surface area contributed by atoms with E-state index < -0.39 is 5.60 Å². The molecule has 2 atom stereocenters. The molecule has 1 aromatic rings. The third-order valence-electron chi connectivity index (χ3n) is 3.65. The minimum atomic E-state index is -0.659. The van der Waals surface area contributed by atoms with Crippen LogP contribution in [0.3, 0.4) is 0 Å². The van der Waals surface area contributed by atoms with E-state index in [1.807, 2.05) is 13.0 Å². The number of rotatable bonds is 1. The van der Waals surface area contributed by atoms with Crippen molar-refractivity contribution in [3.8, 4) is 0 Å². The topological polar surface area (TPSA) is 33.4 Å². The van der Waals surface area contributed by atoms with Gasteiger partial charge in [0.25, 0.3) is 0 Å². The maximum absolute atomic E-state index is 10.3. The van der Waals surface area contributed by atoms with Crippen LogP contribution >= 0.6 is 15.9 Å². The number of hydrogen-bond acceptors (Lipinski definition) is 2. The minimum absolute atomic E-state index is 0.255. The zero-order chi connectivity index (χ0) is 10.4. The van der Waals surface area contributed by atoms with Gasteiger partial charge in [0.2, 0.25) is 0 Å². The molecule has 1 N–H and O–H groups in total. The van der Waals surface area contributed by atoms with Crippen molar-refractivity contribution in [2.75, 3.05) is 0 Å². The molecule has 1 heterocycles. The summed E-state index contributed by atoms with van der Waals surface area (Å²) in [7, 11) is 0. The Morgan fingerprint density at radius 2 is 2.14 bits per heavy atom. The lowest BCUT2D eigenvalue weighted by atomic mass is 9.75. The van der Waals surface area contributed by atoms with Crippen LogP contribution in [0, 0.1) is 0 Å². The van der Waals surface area contributed by atoms with Gasteiger partial charge in [-0.2, -0.15) is 0 Å². The lowest BCUT2D eigenvalue weighted by Crippen LogP contribution is -2.42. The standard InChI is InChI=1S/C11H15BrO2/c1-10(5-3-6-11(10,2)13)9-8(12)4-7-14-9/h4,7,13H,3,5-6H2,1-2H3. The number of halogens is 1. The van der Waals surface area contributed by atoms with E-state index in [-0.39, 0.29) is 5.41 Å². The first-order valence-electron chi connectivity index (χ1n) is 4.93. The van der Waals surface area contributed by atoms with E-state index in [1.54, 1.807) is 6.26 Å². The van der Waals surface area contributed by atoms with Crippen molar-refractivity contribution >= 4 is 15.9 Å². The molecule has 14 heavy (non-hydrogen) atoms. The van der Waals surface area contributed by atoms with Crippen molar-refractivity contribution in [2.45, 2.75) is 44.1 Å². The molecular formula is C11H15BrO2. The van der Waals surface area contributed by atoms with Crippen LogP contribution in [-0.4, -0.2) is 10.7 Å². The van der Waals surface area contributed by atoms with Gasteiger partial charge >= 0.3 is 0 Å². The molecule has 0 radical (unpaired) electrons. The molecule has 1 aliphatic carbocycles. The van der Waals surface area contributed by atoms with Gasteiger partial charge in [-0.05, 0) is 55.1 Å². The predicted octanol–water partition coefficient (Wildman–Crippen LogP) is 3.23. The van der Waals surface area contributed by atoms with Gasteiger partial charge in [-0.15, -0.1) is 0 Å². The highest BCUT2D eigenvalue weighted by molar-refractivity contribution is 9.10. The van der Waals surface area contributed by atoms with Gasteiger partial charge < -0.3 is 9.52 Å². The highest BCUT2D eigenvalue weighted by atomic mass is 79.9. The number of hydrogen-bond donors (Lipinski definition) is 1. The molecule has 0 amide bonds. The van der Waals surface area contributed by atoms with E-state index in [1.165, 1.54) is 0 Å². The van der Waals surface area contributed by atoms with Crippen molar-refractivity contribution in [3.63, 3.8) is 0 Å². The molecule has 2 unspecified atom stereocenters. The van der Waals surface area contributed by atoms with Crippen molar-refractivity contribution in [2.24, 2.45) is 0 Å². The molecule has 0 aromatic carbocycles. The third-order valence-corrected chi connectivity index (χ3v) is 4.27. The summed E-state index contributed by atoms with van der Waals surface area (Å²) in [6.07, 6.45) is 4.54. The van der Waals surface area contributed by atoms with E-state index >= 15 is 0 Å². The fraction of sp³-hybridized carbons (Fsp3) is 0.636. The summed E-state index contributed by atoms with van der Waals surface area (Å²) in [5.74, 6) is 0.875. The molecule has 0 saturated heterocycles. The van der Waals surface area contributed by atoms with Crippen LogP contribution in [0.4, 0.5) is 0 Å². The molecule has 2 rings (SSSR count). The largest absolute Gasteiger partial charge is 0.467 e. The second-order valence-corrected chi connectivity index (χ2v) is 5.41. The molecule has 0 spiro atoms. The van der Waals surface area contributed by atoms with Gasteiger partial charge in [0.05, 0.1) is 21.8 Å². The Hall–Kier alpha value is -0.280. The Morgan fingerprint density at radius 1 is 1.43 bits per heavy atom. The molecule has 1 aromatic heterocycles. The Morgan fingerprint density at radius 3 is 2.57 bits per heavy atom. The van der Waals surface area contributed by atoms with Crippen LogP contribution in [-0.2, 0) is 5.41 Å². The van der Waals surface area contributed by atoms with E-state index in [0.717, 1.165) is 29.5 Å². The normalized spacial score (nSPS) is 37.7. The van der Waals surface area contributed by atoms with Crippen molar-refractivity contribution < 1.29 is 9.52 Å². The van der Waals surface area contributed by atoms with Crippen LogP contribution in [0.2, 0.25) is 0 Å². The molecule has 0 aliphatic heterocycles. The van der Waals surface area contributed by atoms with E-state index in [0.29, 0.717) is 0 Å². The van der Waals surface area contributed by atoms with Gasteiger partial charge in [-0.25, -0.2) is 0 Å². The Kier molecular flexibility index (Phi) is 2.27. The van der Waals surface area contributed by atoms with Crippen molar-refractivity contribution in [3.05, 3.63) is 22.6 Å². The molecular weight excluding hydrogens is 244 g/mol. The third kappa shape index (κ3) is 1.26. The average Bonchev–Trinajstić information content (AvgIpc) is 2.59. The van der Waals surface area contributed by atoms with Gasteiger partial charge in [0, 0.05) is 0 Å². The number of furan rings is 1. The zero-order valence-electron chi connectivity index (χ0n) is 8.51. The lowest BCUT2D eigenvalue weighted by molar-refractivity contribution is -0.00236. The quantitative estimate of drug-likeness (QED) is 0.839. The first kappa shape index (κ1) is 10.2. The first-order chi connectivity index (χ1) is 6.47. The summed E-state index contributed by atoms with van der Waals surface area (Å²) < 4.78 is 6.44. The Bertz CT molecular complexity index is 343. The molecule has 1 saturated carbocycles. The molecule has 2 nitrogen and oxygen atoms in total. The second kappa shape index (κ2) is 3.11. The van der Waals surface area contributed by atoms with Crippen LogP contribution < -0.4 is 0 Å². The molecule has 1 fully saturated rings. The van der Waals surface area contributed by atoms with Crippen LogP contribution in [0.1, 0.15) is 38.9 Å². The second-order valence-electron chi connectivity index (χ2n) is 4.56. The van der Waals surface area contributed by atoms with Crippen LogP contribution in [0.25, 0.3) is 0 Å². The van der Waals surface area contributed by atoms with Gasteiger partial charge in [-0.3, -0.25) is 0 Å². The molecule has 0 bridgehead atoms. The van der Waals surface area contributed by atoms with Crippen LogP contribution in [0.5, 0.6) is 0 Å². The first-order valence-corrected chi connectivity index (χ1v) is 5.72. The van der Waals surface area contributed by atoms with E-state index in [2.05, 4.69) is 22.9 Å². The number of aliphatic hydroxyl groups is 1. The summed E-state index contributed by atoms with van der Waals surface area (Å²) in [6, 6.07) is 1.88. The highest BCUT2D eigenvalue weighted by Gasteiger charge is 2.51. The maximum atomic E-state index is 10.3. The van der Waals surface area contributed by atoms with Gasteiger partial charge in [0.1, 0.15) is 5.76 Å². The SMILES string of the molecule is CC1(O)CCCC1(C)c1occc1Br. The molecule has 1 aliphatic rings. The average molecular weight is 259 g/mol. The summed E-state index contributed by atoms with van der Waals surface area (Å²) in [6.45, 7) is 3.97. The highest BCUT2D eigenvalue weighted by Crippen LogP contribution is 2.50. The van der Waals surface area contributed by atoms with Crippen molar-refractivity contribution in [1.29, 1.82) is 0 Å². The lowest BCUT2D eigenvalue weighted by Gasteiger charge is -2.35. The monoisotopic (exact) mass is 258 g/mol. The summed E-state index contributed by atoms with van der Waals surface area (Å²) in [4.78, 5) is 0. The maximum Gasteiger partial charge on any atom is 0.126 e. The smallest absolute Gasteiger partial charge is 0.126 e. The fourth-order valence-corrected chi connectivity index (χ4v) is 3.02. The molecule has 78 valence electrons. The summed E-state index contributed by atoms with van der Waals surface area (Å²) in [5.41, 5.74) is -0.914. The van der Waals surface area contributed by atoms with E-state index in [9.17, 15) is 5.11 Å². The summed E-state index contributed by atoms with van der Waals surface area (Å²) in [5, 5.41) is 10.3. The zero-order valence-corrected chi connectivity index (χ0v) is 10.1. The molecule has 3 heteroatoms. The minimum Gasteiger partial charge on any atom is -0.467 e. The Balaban J connectivity index is 2.47. The van der Waals surface area contributed by atoms with Gasteiger partial charge in [-0.1, -0.05) is 0 Å². The Labute approximate surface area is 92.4 Å². The van der Waals surface area contributed by atoms with Crippen LogP contribution in [0.15, 0.2) is 21.2 Å². The fourth-order valence-electron chi connectivity index (χ4n) is 2.38. The van der Waals surface area contributed by atoms with Gasteiger partial charge in [0.15, 0.2) is 0 Å². The predicted molar refractivity (Wildman–Crippen MR) is 58.2 cm³/mol. The van der Waals surface area contributed by atoms with E-state index in [4.69, 9.17) is 4.42 Å². The van der Waals surface area contributed by atoms with Crippen molar-refractivity contribution in [1.82, 2.24) is 0 Å².